The fraction of sp³-hybridized carbons (Fsp3) is 0.762. The van der Waals surface area contributed by atoms with Crippen molar-refractivity contribution in [2.24, 2.45) is 17.3 Å². The molecule has 4 atom stereocenters. The number of ether oxygens (including phenoxy) is 1. The van der Waals surface area contributed by atoms with Gasteiger partial charge in [0.25, 0.3) is 0 Å². The summed E-state index contributed by atoms with van der Waals surface area (Å²) in [4.78, 5) is 37.6. The summed E-state index contributed by atoms with van der Waals surface area (Å²) in [5.74, 6) is -0.724. The number of carbonyl (C=O) groups excluding carboxylic acids is 3. The molecule has 1 N–H and O–H groups in total. The van der Waals surface area contributed by atoms with Gasteiger partial charge in [-0.2, -0.15) is 0 Å². The molecule has 5 heteroatoms. The lowest BCUT2D eigenvalue weighted by Crippen LogP contribution is -2.49. The highest BCUT2D eigenvalue weighted by Gasteiger charge is 2.42. The molecule has 0 fully saturated rings. The van der Waals surface area contributed by atoms with E-state index in [1.54, 1.807) is 19.9 Å². The van der Waals surface area contributed by atoms with Crippen molar-refractivity contribution in [1.29, 1.82) is 0 Å². The minimum Gasteiger partial charge on any atom is -0.455 e. The van der Waals surface area contributed by atoms with Gasteiger partial charge in [-0.1, -0.05) is 40.7 Å². The summed E-state index contributed by atoms with van der Waals surface area (Å²) < 4.78 is 5.40. The quantitative estimate of drug-likeness (QED) is 0.717. The number of ketones is 2. The average molecular weight is 366 g/mol. The van der Waals surface area contributed by atoms with Gasteiger partial charge in [0.15, 0.2) is 11.4 Å². The number of carbonyl (C=O) groups is 3. The second kappa shape index (κ2) is 8.47. The monoisotopic (exact) mass is 366 g/mol. The van der Waals surface area contributed by atoms with Gasteiger partial charge in [-0.05, 0) is 38.5 Å². The van der Waals surface area contributed by atoms with Gasteiger partial charge in [0, 0.05) is 23.8 Å². The molecule has 0 spiro atoms. The largest absolute Gasteiger partial charge is 0.455 e. The van der Waals surface area contributed by atoms with E-state index >= 15 is 0 Å². The second-order valence-electron chi connectivity index (χ2n) is 8.63. The standard InChI is InChI=1S/C21H34O5/c1-8-18-21(7,25)17(23)11-14(3)15(4)12-20(5,6)16(22)10-9-13(2)19(24)26-18/h9,14-15,18,25H,8,10-12H2,1-7H3/b13-9-/t14-,15-,18-,21+/m1/s1. The van der Waals surface area contributed by atoms with Crippen molar-refractivity contribution in [1.82, 2.24) is 0 Å². The molecule has 0 aromatic carbocycles. The lowest BCUT2D eigenvalue weighted by Gasteiger charge is -2.34. The Morgan fingerprint density at radius 3 is 2.23 bits per heavy atom. The van der Waals surface area contributed by atoms with Crippen LogP contribution in [0.5, 0.6) is 0 Å². The maximum atomic E-state index is 12.7. The van der Waals surface area contributed by atoms with E-state index in [2.05, 4.69) is 0 Å². The first-order valence-electron chi connectivity index (χ1n) is 9.49. The summed E-state index contributed by atoms with van der Waals surface area (Å²) in [6, 6.07) is 0. The highest BCUT2D eigenvalue weighted by Crippen LogP contribution is 2.34. The van der Waals surface area contributed by atoms with E-state index in [1.807, 2.05) is 27.7 Å². The van der Waals surface area contributed by atoms with Gasteiger partial charge in [-0.15, -0.1) is 0 Å². The second-order valence-corrected chi connectivity index (χ2v) is 8.63. The Balaban J connectivity index is 3.27. The summed E-state index contributed by atoms with van der Waals surface area (Å²) in [5, 5.41) is 10.8. The van der Waals surface area contributed by atoms with Crippen molar-refractivity contribution in [3.63, 3.8) is 0 Å². The van der Waals surface area contributed by atoms with Crippen LogP contribution in [0.4, 0.5) is 0 Å². The molecule has 0 aromatic rings. The van der Waals surface area contributed by atoms with E-state index in [0.29, 0.717) is 18.4 Å². The van der Waals surface area contributed by atoms with Crippen molar-refractivity contribution in [3.05, 3.63) is 11.6 Å². The lowest BCUT2D eigenvalue weighted by atomic mass is 9.73. The van der Waals surface area contributed by atoms with E-state index < -0.39 is 23.1 Å². The number of hydrogen-bond donors (Lipinski definition) is 1. The summed E-state index contributed by atoms with van der Waals surface area (Å²) in [6.45, 7) is 12.6. The number of hydrogen-bond acceptors (Lipinski definition) is 5. The van der Waals surface area contributed by atoms with Crippen molar-refractivity contribution >= 4 is 17.5 Å². The van der Waals surface area contributed by atoms with Crippen LogP contribution in [0, 0.1) is 17.3 Å². The van der Waals surface area contributed by atoms with Gasteiger partial charge in [0.1, 0.15) is 11.9 Å². The number of cyclic esters (lactones) is 1. The van der Waals surface area contributed by atoms with Crippen LogP contribution in [0.2, 0.25) is 0 Å². The van der Waals surface area contributed by atoms with Gasteiger partial charge in [0.05, 0.1) is 0 Å². The molecule has 0 aromatic heterocycles. The van der Waals surface area contributed by atoms with Gasteiger partial charge in [-0.3, -0.25) is 9.59 Å². The molecule has 0 bridgehead atoms. The molecule has 1 rings (SSSR count). The maximum Gasteiger partial charge on any atom is 0.333 e. The van der Waals surface area contributed by atoms with E-state index in [9.17, 15) is 19.5 Å². The fourth-order valence-electron chi connectivity index (χ4n) is 3.42. The van der Waals surface area contributed by atoms with E-state index in [4.69, 9.17) is 4.74 Å². The van der Waals surface area contributed by atoms with Gasteiger partial charge < -0.3 is 9.84 Å². The van der Waals surface area contributed by atoms with Crippen LogP contribution in [0.15, 0.2) is 11.6 Å². The summed E-state index contributed by atoms with van der Waals surface area (Å²) in [6.07, 6.45) is 1.99. The number of esters is 1. The van der Waals surface area contributed by atoms with Gasteiger partial charge >= 0.3 is 5.97 Å². The fourth-order valence-corrected chi connectivity index (χ4v) is 3.42. The normalized spacial score (nSPS) is 36.7. The van der Waals surface area contributed by atoms with Gasteiger partial charge in [-0.25, -0.2) is 4.79 Å². The van der Waals surface area contributed by atoms with E-state index in [0.717, 1.165) is 0 Å². The SMILES string of the molecule is CC[C@H]1OC(=O)/C(C)=C\CC(=O)C(C)(C)C[C@@H](C)[C@H](C)CC(=O)[C@]1(C)O. The minimum atomic E-state index is -1.73. The van der Waals surface area contributed by atoms with Crippen LogP contribution in [0.25, 0.3) is 0 Å². The summed E-state index contributed by atoms with van der Waals surface area (Å²) >= 11 is 0. The minimum absolute atomic E-state index is 0.00877. The molecule has 0 saturated carbocycles. The Hall–Kier alpha value is -1.49. The zero-order valence-corrected chi connectivity index (χ0v) is 17.2. The van der Waals surface area contributed by atoms with Crippen LogP contribution in [0.1, 0.15) is 74.1 Å². The Bertz CT molecular complexity index is 585. The number of aliphatic hydroxyl groups is 1. The molecule has 0 saturated heterocycles. The molecule has 148 valence electrons. The molecule has 1 aliphatic heterocycles. The predicted molar refractivity (Wildman–Crippen MR) is 101 cm³/mol. The lowest BCUT2D eigenvalue weighted by molar-refractivity contribution is -0.167. The average Bonchev–Trinajstić information content (AvgIpc) is 2.54. The number of Topliss-reactive ketones (excluding diaryl/α,β-unsaturated/α-hetero) is 2. The Morgan fingerprint density at radius 1 is 1.12 bits per heavy atom. The third-order valence-electron chi connectivity index (χ3n) is 5.79. The Labute approximate surface area is 157 Å². The first-order valence-corrected chi connectivity index (χ1v) is 9.49. The Morgan fingerprint density at radius 2 is 1.69 bits per heavy atom. The van der Waals surface area contributed by atoms with Crippen molar-refractivity contribution < 1.29 is 24.2 Å². The molecule has 5 nitrogen and oxygen atoms in total. The van der Waals surface area contributed by atoms with Crippen molar-refractivity contribution in [2.45, 2.75) is 85.9 Å². The maximum absolute atomic E-state index is 12.7. The Kier molecular flexibility index (Phi) is 7.34. The molecule has 0 amide bonds. The van der Waals surface area contributed by atoms with Crippen molar-refractivity contribution in [3.8, 4) is 0 Å². The predicted octanol–water partition coefficient (Wildman–Crippen LogP) is 3.63. The van der Waals surface area contributed by atoms with Crippen LogP contribution >= 0.6 is 0 Å². The molecular formula is C21H34O5. The molecular weight excluding hydrogens is 332 g/mol. The number of rotatable bonds is 1. The molecule has 0 unspecified atom stereocenters. The van der Waals surface area contributed by atoms with E-state index in [-0.39, 0.29) is 36.2 Å². The third kappa shape index (κ3) is 5.26. The van der Waals surface area contributed by atoms with Crippen LogP contribution in [0.3, 0.4) is 0 Å². The van der Waals surface area contributed by atoms with E-state index in [1.165, 1.54) is 6.92 Å². The zero-order valence-electron chi connectivity index (χ0n) is 17.2. The molecule has 1 aliphatic rings. The number of allylic oxidation sites excluding steroid dienone is 1. The first kappa shape index (κ1) is 22.6. The smallest absolute Gasteiger partial charge is 0.333 e. The van der Waals surface area contributed by atoms with Crippen LogP contribution < -0.4 is 0 Å². The summed E-state index contributed by atoms with van der Waals surface area (Å²) in [7, 11) is 0. The molecule has 1 heterocycles. The third-order valence-corrected chi connectivity index (χ3v) is 5.79. The van der Waals surface area contributed by atoms with Gasteiger partial charge in [0.2, 0.25) is 0 Å². The topological polar surface area (TPSA) is 80.7 Å². The molecule has 26 heavy (non-hydrogen) atoms. The highest BCUT2D eigenvalue weighted by molar-refractivity contribution is 5.92. The van der Waals surface area contributed by atoms with Crippen LogP contribution in [-0.4, -0.2) is 34.3 Å². The summed E-state index contributed by atoms with van der Waals surface area (Å²) in [5.41, 5.74) is -1.96. The first-order chi connectivity index (χ1) is 11.8. The highest BCUT2D eigenvalue weighted by atomic mass is 16.6. The van der Waals surface area contributed by atoms with Crippen LogP contribution in [-0.2, 0) is 19.1 Å². The van der Waals surface area contributed by atoms with Crippen molar-refractivity contribution in [2.75, 3.05) is 0 Å². The molecule has 0 aliphatic carbocycles. The molecule has 0 radical (unpaired) electrons. The zero-order chi connectivity index (χ0) is 20.3.